The zero-order valence-corrected chi connectivity index (χ0v) is 17.6. The molecule has 0 radical (unpaired) electrons. The van der Waals surface area contributed by atoms with Crippen LogP contribution in [0, 0.1) is 40.9 Å². The largest absolute Gasteiger partial charge is 0.459 e. The highest BCUT2D eigenvalue weighted by atomic mass is 16.6. The molecule has 0 heterocycles. The van der Waals surface area contributed by atoms with E-state index in [1.807, 2.05) is 0 Å². The molecule has 0 aromatic heterocycles. The SMILES string of the molecule is CCC1CC(CC)C2(C)C3CC(CC3CC(=O)OC3(CC)CCCC3)C12. The van der Waals surface area contributed by atoms with Crippen molar-refractivity contribution in [3.63, 3.8) is 0 Å². The van der Waals surface area contributed by atoms with Crippen molar-refractivity contribution in [1.29, 1.82) is 0 Å². The number of esters is 1. The Morgan fingerprint density at radius 1 is 1.00 bits per heavy atom. The van der Waals surface area contributed by atoms with E-state index < -0.39 is 0 Å². The second-order valence-electron chi connectivity index (χ2n) is 10.4. The van der Waals surface area contributed by atoms with E-state index in [0.29, 0.717) is 17.8 Å². The van der Waals surface area contributed by atoms with Crippen LogP contribution in [0.15, 0.2) is 0 Å². The van der Waals surface area contributed by atoms with Gasteiger partial charge in [-0.3, -0.25) is 4.79 Å². The molecule has 0 saturated heterocycles. The van der Waals surface area contributed by atoms with Crippen LogP contribution in [0.2, 0.25) is 0 Å². The molecule has 0 aliphatic heterocycles. The first-order chi connectivity index (χ1) is 12.5. The van der Waals surface area contributed by atoms with Crippen molar-refractivity contribution in [1.82, 2.24) is 0 Å². The lowest BCUT2D eigenvalue weighted by atomic mass is 9.59. The second-order valence-corrected chi connectivity index (χ2v) is 10.4. The van der Waals surface area contributed by atoms with Gasteiger partial charge < -0.3 is 4.74 Å². The van der Waals surface area contributed by atoms with Gasteiger partial charge in [0.2, 0.25) is 0 Å². The lowest BCUT2D eigenvalue weighted by molar-refractivity contribution is -0.162. The molecule has 4 saturated carbocycles. The standard InChI is InChI=1S/C24H40O2/c1-5-16-13-19(6-2)23(4)20-14-18(22(16)23)12-17(20)15-21(25)26-24(7-3)10-8-9-11-24/h16-20,22H,5-15H2,1-4H3. The summed E-state index contributed by atoms with van der Waals surface area (Å²) < 4.78 is 6.12. The van der Waals surface area contributed by atoms with Crippen molar-refractivity contribution in [2.24, 2.45) is 40.9 Å². The van der Waals surface area contributed by atoms with Crippen molar-refractivity contribution in [3.05, 3.63) is 0 Å². The quantitative estimate of drug-likeness (QED) is 0.514. The lowest BCUT2D eigenvalue weighted by Crippen LogP contribution is -2.41. The van der Waals surface area contributed by atoms with Crippen LogP contribution in [0.1, 0.15) is 98.3 Å². The third-order valence-electron chi connectivity index (χ3n) is 9.67. The molecule has 0 aromatic carbocycles. The Morgan fingerprint density at radius 2 is 1.73 bits per heavy atom. The molecular formula is C24H40O2. The first-order valence-corrected chi connectivity index (χ1v) is 11.7. The maximum Gasteiger partial charge on any atom is 0.306 e. The van der Waals surface area contributed by atoms with Gasteiger partial charge in [0.1, 0.15) is 5.60 Å². The zero-order valence-electron chi connectivity index (χ0n) is 17.6. The van der Waals surface area contributed by atoms with Gasteiger partial charge >= 0.3 is 5.97 Å². The number of hydrogen-bond acceptors (Lipinski definition) is 2. The Balaban J connectivity index is 1.45. The van der Waals surface area contributed by atoms with Gasteiger partial charge in [-0.2, -0.15) is 0 Å². The minimum atomic E-state index is -0.117. The molecule has 2 bridgehead atoms. The summed E-state index contributed by atoms with van der Waals surface area (Å²) in [5.41, 5.74) is 0.382. The normalized spacial score (nSPS) is 45.8. The number of rotatable bonds is 6. The summed E-state index contributed by atoms with van der Waals surface area (Å²) in [5.74, 6) is 5.12. The Labute approximate surface area is 160 Å². The summed E-state index contributed by atoms with van der Waals surface area (Å²) in [6.07, 6.45) is 13.1. The summed E-state index contributed by atoms with van der Waals surface area (Å²) in [6, 6.07) is 0. The van der Waals surface area contributed by atoms with Gasteiger partial charge in [0, 0.05) is 6.42 Å². The molecule has 0 aromatic rings. The molecular weight excluding hydrogens is 320 g/mol. The van der Waals surface area contributed by atoms with Crippen molar-refractivity contribution in [2.45, 2.75) is 104 Å². The van der Waals surface area contributed by atoms with Gasteiger partial charge in [-0.15, -0.1) is 0 Å². The van der Waals surface area contributed by atoms with Crippen LogP contribution in [-0.2, 0) is 9.53 Å². The molecule has 4 aliphatic carbocycles. The highest BCUT2D eigenvalue weighted by Gasteiger charge is 2.66. The molecule has 0 spiro atoms. The molecule has 2 nitrogen and oxygen atoms in total. The van der Waals surface area contributed by atoms with Crippen LogP contribution < -0.4 is 0 Å². The molecule has 0 N–H and O–H groups in total. The minimum Gasteiger partial charge on any atom is -0.459 e. The van der Waals surface area contributed by atoms with E-state index in [9.17, 15) is 4.79 Å². The van der Waals surface area contributed by atoms with Crippen LogP contribution in [-0.4, -0.2) is 11.6 Å². The fraction of sp³-hybridized carbons (Fsp3) is 0.958. The van der Waals surface area contributed by atoms with Crippen LogP contribution in [0.25, 0.3) is 0 Å². The van der Waals surface area contributed by atoms with Crippen molar-refractivity contribution < 1.29 is 9.53 Å². The highest BCUT2D eigenvalue weighted by Crippen LogP contribution is 2.72. The van der Waals surface area contributed by atoms with E-state index in [4.69, 9.17) is 4.74 Å². The van der Waals surface area contributed by atoms with Gasteiger partial charge in [0.15, 0.2) is 0 Å². The van der Waals surface area contributed by atoms with Crippen molar-refractivity contribution in [2.75, 3.05) is 0 Å². The summed E-state index contributed by atoms with van der Waals surface area (Å²) in [7, 11) is 0. The first-order valence-electron chi connectivity index (χ1n) is 11.7. The molecule has 7 unspecified atom stereocenters. The van der Waals surface area contributed by atoms with Crippen LogP contribution in [0.5, 0.6) is 0 Å². The van der Waals surface area contributed by atoms with Gasteiger partial charge in [-0.1, -0.05) is 40.5 Å². The van der Waals surface area contributed by atoms with Crippen LogP contribution >= 0.6 is 0 Å². The number of carbonyl (C=O) groups excluding carboxylic acids is 1. The number of fused-ring (bicyclic) bond motifs is 5. The van der Waals surface area contributed by atoms with Crippen LogP contribution in [0.4, 0.5) is 0 Å². The first kappa shape index (κ1) is 18.8. The van der Waals surface area contributed by atoms with Gasteiger partial charge in [0.05, 0.1) is 0 Å². The smallest absolute Gasteiger partial charge is 0.306 e. The van der Waals surface area contributed by atoms with Gasteiger partial charge in [-0.05, 0) is 92.3 Å². The Hall–Kier alpha value is -0.530. The monoisotopic (exact) mass is 360 g/mol. The van der Waals surface area contributed by atoms with Crippen molar-refractivity contribution in [3.8, 4) is 0 Å². The van der Waals surface area contributed by atoms with Gasteiger partial charge in [0.25, 0.3) is 0 Å². The Bertz CT molecular complexity index is 534. The zero-order chi connectivity index (χ0) is 18.5. The third kappa shape index (κ3) is 2.68. The average Bonchev–Trinajstić information content (AvgIpc) is 3.35. The van der Waals surface area contributed by atoms with Crippen LogP contribution in [0.3, 0.4) is 0 Å². The van der Waals surface area contributed by atoms with E-state index in [2.05, 4.69) is 27.7 Å². The van der Waals surface area contributed by atoms with E-state index in [1.54, 1.807) is 0 Å². The molecule has 2 heteroatoms. The summed E-state index contributed by atoms with van der Waals surface area (Å²) in [6.45, 7) is 9.59. The van der Waals surface area contributed by atoms with E-state index >= 15 is 0 Å². The molecule has 4 rings (SSSR count). The lowest BCUT2D eigenvalue weighted by Gasteiger charge is -2.45. The predicted octanol–water partition coefficient (Wildman–Crippen LogP) is 6.38. The van der Waals surface area contributed by atoms with Gasteiger partial charge in [-0.25, -0.2) is 0 Å². The predicted molar refractivity (Wildman–Crippen MR) is 106 cm³/mol. The third-order valence-corrected chi connectivity index (χ3v) is 9.67. The van der Waals surface area contributed by atoms with Crippen molar-refractivity contribution >= 4 is 5.97 Å². The molecule has 7 atom stereocenters. The topological polar surface area (TPSA) is 26.3 Å². The fourth-order valence-electron chi connectivity index (χ4n) is 8.51. The maximum absolute atomic E-state index is 12.8. The molecule has 26 heavy (non-hydrogen) atoms. The number of ether oxygens (including phenoxy) is 1. The van der Waals surface area contributed by atoms with E-state index in [-0.39, 0.29) is 11.6 Å². The maximum atomic E-state index is 12.8. The Kier molecular flexibility index (Phi) is 4.93. The molecule has 4 fully saturated rings. The number of hydrogen-bond donors (Lipinski definition) is 0. The van der Waals surface area contributed by atoms with E-state index in [0.717, 1.165) is 48.9 Å². The molecule has 0 amide bonds. The second kappa shape index (κ2) is 6.82. The minimum absolute atomic E-state index is 0.115. The molecule has 4 aliphatic rings. The highest BCUT2D eigenvalue weighted by molar-refractivity contribution is 5.70. The fourth-order valence-corrected chi connectivity index (χ4v) is 8.51. The van der Waals surface area contributed by atoms with E-state index in [1.165, 1.54) is 44.9 Å². The summed E-state index contributed by atoms with van der Waals surface area (Å²) in [5, 5.41) is 0. The average molecular weight is 361 g/mol. The Morgan fingerprint density at radius 3 is 2.35 bits per heavy atom. The summed E-state index contributed by atoms with van der Waals surface area (Å²) in [4.78, 5) is 12.8. The molecule has 148 valence electrons. The number of carbonyl (C=O) groups is 1. The summed E-state index contributed by atoms with van der Waals surface area (Å²) >= 11 is 0.